The summed E-state index contributed by atoms with van der Waals surface area (Å²) in [5, 5.41) is 4.40. The Kier molecular flexibility index (Phi) is 10.9. The van der Waals surface area contributed by atoms with E-state index >= 15 is 0 Å². The molecule has 0 bridgehead atoms. The third-order valence-corrected chi connectivity index (χ3v) is 12.1. The number of hydrogen-bond donors (Lipinski definition) is 2. The molecule has 0 aliphatic rings. The van der Waals surface area contributed by atoms with Crippen LogP contribution in [0, 0.1) is 5.92 Å². The summed E-state index contributed by atoms with van der Waals surface area (Å²) in [7, 11) is -2.90. The summed E-state index contributed by atoms with van der Waals surface area (Å²) >= 11 is 0. The van der Waals surface area contributed by atoms with Gasteiger partial charge in [0.2, 0.25) is 5.91 Å². The third kappa shape index (κ3) is 8.82. The minimum absolute atomic E-state index is 0.173. The van der Waals surface area contributed by atoms with E-state index < -0.39 is 61.7 Å². The number of rotatable bonds is 10. The predicted molar refractivity (Wildman–Crippen MR) is 167 cm³/mol. The Hall–Kier alpha value is -3.90. The second kappa shape index (κ2) is 13.8. The van der Waals surface area contributed by atoms with Crippen LogP contribution in [-0.4, -0.2) is 43.2 Å². The molecule has 0 fully saturated rings. The zero-order chi connectivity index (χ0) is 32.9. The molecule has 0 saturated carbocycles. The van der Waals surface area contributed by atoms with Gasteiger partial charge in [-0.3, -0.25) is 19.5 Å². The molecular formula is C32H40F3N3O5Si. The number of carbonyl (C=O) groups is 2. The Morgan fingerprint density at radius 3 is 2.00 bits per heavy atom. The van der Waals surface area contributed by atoms with Crippen LogP contribution < -0.4 is 20.9 Å². The maximum Gasteiger partial charge on any atom is 0.417 e. The first-order valence-corrected chi connectivity index (χ1v) is 17.2. The van der Waals surface area contributed by atoms with E-state index in [2.05, 4.69) is 10.6 Å². The Morgan fingerprint density at radius 2 is 1.48 bits per heavy atom. The second-order valence-corrected chi connectivity index (χ2v) is 17.2. The molecule has 2 unspecified atom stereocenters. The zero-order valence-corrected chi connectivity index (χ0v) is 27.0. The van der Waals surface area contributed by atoms with E-state index in [9.17, 15) is 27.6 Å². The molecule has 12 heteroatoms. The quantitative estimate of drug-likeness (QED) is 0.230. The maximum atomic E-state index is 14.4. The number of anilines is 1. The van der Waals surface area contributed by atoms with Crippen molar-refractivity contribution in [3.05, 3.63) is 83.2 Å². The number of halogens is 3. The number of amides is 2. The lowest BCUT2D eigenvalue weighted by Crippen LogP contribution is -2.59. The highest BCUT2D eigenvalue weighted by Crippen LogP contribution is 2.41. The summed E-state index contributed by atoms with van der Waals surface area (Å²) in [5.74, 6) is -1.22. The number of alkyl halides is 3. The lowest BCUT2D eigenvalue weighted by Gasteiger charge is -2.42. The minimum atomic E-state index is -4.76. The monoisotopic (exact) mass is 631 g/mol. The van der Waals surface area contributed by atoms with Crippen molar-refractivity contribution >= 4 is 26.0 Å². The number of ether oxygens (including phenoxy) is 1. The number of pyridine rings is 1. The molecular weight excluding hydrogens is 591 g/mol. The summed E-state index contributed by atoms with van der Waals surface area (Å²) in [6.45, 7) is 11.5. The molecule has 238 valence electrons. The van der Waals surface area contributed by atoms with Crippen LogP contribution in [0.4, 0.5) is 23.7 Å². The van der Waals surface area contributed by atoms with E-state index in [0.29, 0.717) is 11.3 Å². The average Bonchev–Trinajstić information content (AvgIpc) is 2.92. The molecule has 2 N–H and O–H groups in total. The van der Waals surface area contributed by atoms with E-state index in [1.807, 2.05) is 20.8 Å². The van der Waals surface area contributed by atoms with Gasteiger partial charge < -0.3 is 14.5 Å². The van der Waals surface area contributed by atoms with Crippen LogP contribution in [-0.2, 0) is 15.8 Å². The predicted octanol–water partition coefficient (Wildman–Crippen LogP) is 7.22. The van der Waals surface area contributed by atoms with Gasteiger partial charge in [-0.25, -0.2) is 4.79 Å². The van der Waals surface area contributed by atoms with Gasteiger partial charge in [-0.1, -0.05) is 83.1 Å². The largest absolute Gasteiger partial charge is 0.417 e. The van der Waals surface area contributed by atoms with Crippen molar-refractivity contribution < 1.29 is 31.9 Å². The number of nitrogens with one attached hydrogen (secondary N) is 2. The molecule has 1 aromatic heterocycles. The molecule has 0 saturated heterocycles. The van der Waals surface area contributed by atoms with Gasteiger partial charge in [-0.05, 0) is 53.9 Å². The van der Waals surface area contributed by atoms with Crippen molar-refractivity contribution in [3.63, 3.8) is 0 Å². The van der Waals surface area contributed by atoms with E-state index in [0.717, 1.165) is 4.57 Å². The van der Waals surface area contributed by atoms with E-state index in [1.165, 1.54) is 6.07 Å². The molecule has 2 aromatic carbocycles. The number of aromatic nitrogens is 1. The highest BCUT2D eigenvalue weighted by Gasteiger charge is 2.52. The summed E-state index contributed by atoms with van der Waals surface area (Å²) in [5.41, 5.74) is 0.00937. The Balaban J connectivity index is 1.95. The third-order valence-electron chi connectivity index (χ3n) is 7.66. The highest BCUT2D eigenvalue weighted by molar-refractivity contribution is 6.74. The Morgan fingerprint density at radius 1 is 0.909 bits per heavy atom. The zero-order valence-electron chi connectivity index (χ0n) is 26.0. The van der Waals surface area contributed by atoms with Crippen LogP contribution in [0.3, 0.4) is 0 Å². The first-order valence-electron chi connectivity index (χ1n) is 14.3. The van der Waals surface area contributed by atoms with E-state index in [1.54, 1.807) is 93.7 Å². The van der Waals surface area contributed by atoms with Gasteiger partial charge in [0.05, 0.1) is 11.7 Å². The molecule has 3 aromatic rings. The second-order valence-electron chi connectivity index (χ2n) is 12.4. The van der Waals surface area contributed by atoms with Crippen molar-refractivity contribution in [3.8, 4) is 17.0 Å². The van der Waals surface area contributed by atoms with Crippen LogP contribution in [0.15, 0.2) is 77.6 Å². The molecule has 0 spiro atoms. The van der Waals surface area contributed by atoms with Gasteiger partial charge in [0, 0.05) is 0 Å². The Bertz CT molecular complexity index is 1490. The van der Waals surface area contributed by atoms with Crippen molar-refractivity contribution in [2.45, 2.75) is 77.6 Å². The SMILES string of the molecule is CC(C)C(NC(=O)Cn1c(-c2ccccc2)ccc(NC(=O)Oc2ccccc2)c1=O)C(O[Si](C)(C)C(C)(C)C)C(F)(F)F. The van der Waals surface area contributed by atoms with Crippen LogP contribution in [0.5, 0.6) is 5.75 Å². The maximum absolute atomic E-state index is 14.4. The molecule has 0 radical (unpaired) electrons. The van der Waals surface area contributed by atoms with Crippen LogP contribution in [0.25, 0.3) is 11.3 Å². The van der Waals surface area contributed by atoms with E-state index in [4.69, 9.17) is 9.16 Å². The number of hydrogen-bond acceptors (Lipinski definition) is 5. The summed E-state index contributed by atoms with van der Waals surface area (Å²) in [6, 6.07) is 18.4. The van der Waals surface area contributed by atoms with Gasteiger partial charge >= 0.3 is 12.3 Å². The molecule has 8 nitrogen and oxygen atoms in total. The van der Waals surface area contributed by atoms with Crippen LogP contribution >= 0.6 is 0 Å². The van der Waals surface area contributed by atoms with Gasteiger partial charge in [0.15, 0.2) is 14.4 Å². The summed E-state index contributed by atoms with van der Waals surface area (Å²) in [4.78, 5) is 39.6. The van der Waals surface area contributed by atoms with Gasteiger partial charge in [-0.2, -0.15) is 13.2 Å². The molecule has 1 heterocycles. The fraction of sp³-hybridized carbons (Fsp3) is 0.406. The number of carbonyl (C=O) groups excluding carboxylic acids is 2. The van der Waals surface area contributed by atoms with E-state index in [-0.39, 0.29) is 11.4 Å². The van der Waals surface area contributed by atoms with Crippen LogP contribution in [0.2, 0.25) is 18.1 Å². The first-order chi connectivity index (χ1) is 20.4. The fourth-order valence-electron chi connectivity index (χ4n) is 4.23. The lowest BCUT2D eigenvalue weighted by atomic mass is 9.98. The van der Waals surface area contributed by atoms with Crippen molar-refractivity contribution in [2.75, 3.05) is 5.32 Å². The molecule has 3 rings (SSSR count). The average molecular weight is 632 g/mol. The fourth-order valence-corrected chi connectivity index (χ4v) is 5.50. The summed E-state index contributed by atoms with van der Waals surface area (Å²) in [6.07, 6.45) is -7.93. The van der Waals surface area contributed by atoms with Gasteiger partial charge in [0.1, 0.15) is 18.0 Å². The topological polar surface area (TPSA) is 98.7 Å². The molecule has 44 heavy (non-hydrogen) atoms. The molecule has 2 amide bonds. The van der Waals surface area contributed by atoms with Crippen molar-refractivity contribution in [1.82, 2.24) is 9.88 Å². The standard InChI is InChI=1S/C32H40F3N3O5Si/c1-21(2)27(28(32(33,34)35)43-44(6,7)31(3,4)5)37-26(39)20-38-25(22-14-10-8-11-15-22)19-18-24(29(38)40)36-30(41)42-23-16-12-9-13-17-23/h8-19,21,27-28H,20H2,1-7H3,(H,36,41)(H,37,39). The normalized spacial score (nSPS) is 13.7. The van der Waals surface area contributed by atoms with Gasteiger partial charge in [0.25, 0.3) is 5.56 Å². The number of para-hydroxylation sites is 1. The summed E-state index contributed by atoms with van der Waals surface area (Å²) < 4.78 is 55.5. The minimum Gasteiger partial charge on any atom is -0.410 e. The lowest BCUT2D eigenvalue weighted by molar-refractivity contribution is -0.210. The first kappa shape index (κ1) is 34.6. The number of benzene rings is 2. The molecule has 2 atom stereocenters. The Labute approximate surface area is 256 Å². The van der Waals surface area contributed by atoms with Crippen LogP contribution in [0.1, 0.15) is 34.6 Å². The number of nitrogens with zero attached hydrogens (tertiary/aromatic N) is 1. The van der Waals surface area contributed by atoms with Crippen molar-refractivity contribution in [2.24, 2.45) is 5.92 Å². The molecule has 0 aliphatic heterocycles. The molecule has 0 aliphatic carbocycles. The smallest absolute Gasteiger partial charge is 0.410 e. The van der Waals surface area contributed by atoms with Gasteiger partial charge in [-0.15, -0.1) is 0 Å². The van der Waals surface area contributed by atoms with Crippen molar-refractivity contribution in [1.29, 1.82) is 0 Å². The highest BCUT2D eigenvalue weighted by atomic mass is 28.4.